The highest BCUT2D eigenvalue weighted by Gasteiger charge is 2.33. The third kappa shape index (κ3) is 2.96. The molecule has 1 aromatic heterocycles. The normalized spacial score (nSPS) is 15.2. The number of nitrogens with zero attached hydrogens (tertiary/aromatic N) is 1. The highest BCUT2D eigenvalue weighted by molar-refractivity contribution is 6.12. The number of pyridine rings is 1. The number of nitrogens with one attached hydrogen (secondary N) is 1. The minimum Gasteiger partial charge on any atom is -0.454 e. The van der Waals surface area contributed by atoms with Gasteiger partial charge in [0.1, 0.15) is 0 Å². The van der Waals surface area contributed by atoms with E-state index < -0.39 is 0 Å². The van der Waals surface area contributed by atoms with Gasteiger partial charge in [-0.25, -0.2) is 0 Å². The smallest absolute Gasteiger partial charge is 0.261 e. The third-order valence-corrected chi connectivity index (χ3v) is 7.63. The number of hydrogen-bond acceptors (Lipinski definition) is 4. The Balaban J connectivity index is 1.53. The lowest BCUT2D eigenvalue weighted by Gasteiger charge is -2.32. The largest absolute Gasteiger partial charge is 0.454 e. The molecule has 3 heterocycles. The summed E-state index contributed by atoms with van der Waals surface area (Å²) in [5, 5.41) is 7.02. The Morgan fingerprint density at radius 1 is 0.711 bits per heavy atom. The van der Waals surface area contributed by atoms with Crippen LogP contribution in [0.1, 0.15) is 17.2 Å². The molecule has 2 aliphatic rings. The van der Waals surface area contributed by atoms with Crippen LogP contribution in [0, 0.1) is 0 Å². The number of ether oxygens (including phenoxy) is 2. The van der Waals surface area contributed by atoms with Crippen molar-refractivity contribution < 1.29 is 9.47 Å². The zero-order valence-electron chi connectivity index (χ0n) is 20.3. The Labute approximate surface area is 218 Å². The predicted octanol–water partition coefficient (Wildman–Crippen LogP) is 7.05. The molecule has 0 fully saturated rings. The lowest BCUT2D eigenvalue weighted by atomic mass is 9.83. The first kappa shape index (κ1) is 21.1. The monoisotopic (exact) mass is 494 g/mol. The van der Waals surface area contributed by atoms with Crippen molar-refractivity contribution in [3.63, 3.8) is 0 Å². The summed E-state index contributed by atoms with van der Waals surface area (Å²) in [5.41, 5.74) is 6.38. The number of hydrogen-bond donors (Lipinski definition) is 1. The Morgan fingerprint density at radius 2 is 1.47 bits per heavy atom. The van der Waals surface area contributed by atoms with E-state index in [1.807, 2.05) is 77.4 Å². The van der Waals surface area contributed by atoms with Gasteiger partial charge in [-0.05, 0) is 52.7 Å². The topological polar surface area (TPSA) is 52.5 Å². The molecule has 182 valence electrons. The molecule has 2 aliphatic heterocycles. The minimum atomic E-state index is -0.375. The zero-order chi connectivity index (χ0) is 25.2. The molecule has 0 spiro atoms. The molecule has 1 atom stereocenters. The second kappa shape index (κ2) is 7.98. The summed E-state index contributed by atoms with van der Waals surface area (Å²) in [7, 11) is 0. The van der Waals surface area contributed by atoms with E-state index in [1.54, 1.807) is 0 Å². The summed E-state index contributed by atoms with van der Waals surface area (Å²) in [4.78, 5) is 14.7. The van der Waals surface area contributed by atoms with Crippen molar-refractivity contribution in [2.75, 3.05) is 12.1 Å². The van der Waals surface area contributed by atoms with Gasteiger partial charge in [-0.2, -0.15) is 0 Å². The molecule has 6 aromatic rings. The standard InChI is InChI=1S/C33H22N2O3/c36-33-31-30(24-12-6-7-13-26(24)35(33)22-9-2-1-3-10-22)29-23-11-5-4-8-20(23)14-16-25(29)34-32(31)21-15-17-27-28(18-21)38-19-37-27/h1-18,32,34H,19H2/t32-/m0/s1. The highest BCUT2D eigenvalue weighted by atomic mass is 16.7. The van der Waals surface area contributed by atoms with Gasteiger partial charge in [0.25, 0.3) is 5.56 Å². The highest BCUT2D eigenvalue weighted by Crippen LogP contribution is 2.49. The maximum atomic E-state index is 14.7. The van der Waals surface area contributed by atoms with Crippen molar-refractivity contribution in [2.24, 2.45) is 0 Å². The van der Waals surface area contributed by atoms with Crippen LogP contribution in [0.15, 0.2) is 114 Å². The van der Waals surface area contributed by atoms with Crippen LogP contribution < -0.4 is 20.3 Å². The number of aromatic nitrogens is 1. The fourth-order valence-electron chi connectivity index (χ4n) is 5.96. The van der Waals surface area contributed by atoms with Gasteiger partial charge >= 0.3 is 0 Å². The van der Waals surface area contributed by atoms with Gasteiger partial charge in [-0.15, -0.1) is 0 Å². The van der Waals surface area contributed by atoms with Crippen LogP contribution in [0.2, 0.25) is 0 Å². The Kier molecular flexibility index (Phi) is 4.43. The average Bonchev–Trinajstić information content (AvgIpc) is 3.45. The summed E-state index contributed by atoms with van der Waals surface area (Å²) in [6, 6.07) is 36.2. The molecule has 0 radical (unpaired) electrons. The lowest BCUT2D eigenvalue weighted by Crippen LogP contribution is -2.31. The summed E-state index contributed by atoms with van der Waals surface area (Å²) in [6.07, 6.45) is 0. The van der Waals surface area contributed by atoms with Gasteiger partial charge in [0.15, 0.2) is 11.5 Å². The van der Waals surface area contributed by atoms with E-state index in [4.69, 9.17) is 9.47 Å². The SMILES string of the molecule is O=c1c2c(c3ccccc3n1-c1ccccc1)-c1c(ccc3ccccc13)N[C@H]2c1ccc2c(c1)OCO2. The van der Waals surface area contributed by atoms with Gasteiger partial charge in [-0.1, -0.05) is 72.8 Å². The van der Waals surface area contributed by atoms with Gasteiger partial charge in [0.05, 0.1) is 17.1 Å². The molecule has 1 N–H and O–H groups in total. The van der Waals surface area contributed by atoms with E-state index in [9.17, 15) is 4.79 Å². The minimum absolute atomic E-state index is 0.0429. The van der Waals surface area contributed by atoms with E-state index in [2.05, 4.69) is 41.7 Å². The molecule has 0 bridgehead atoms. The van der Waals surface area contributed by atoms with E-state index >= 15 is 0 Å². The Bertz CT molecular complexity index is 1960. The van der Waals surface area contributed by atoms with E-state index in [-0.39, 0.29) is 18.4 Å². The van der Waals surface area contributed by atoms with Gasteiger partial charge in [0, 0.05) is 27.9 Å². The van der Waals surface area contributed by atoms with Crippen LogP contribution in [-0.2, 0) is 0 Å². The fraction of sp³-hybridized carbons (Fsp3) is 0.0606. The van der Waals surface area contributed by atoms with Crippen molar-refractivity contribution in [1.82, 2.24) is 4.57 Å². The first-order valence-electron chi connectivity index (χ1n) is 12.7. The second-order valence-corrected chi connectivity index (χ2v) is 9.68. The zero-order valence-corrected chi connectivity index (χ0v) is 20.3. The third-order valence-electron chi connectivity index (χ3n) is 7.63. The maximum absolute atomic E-state index is 14.7. The van der Waals surface area contributed by atoms with Crippen LogP contribution in [0.25, 0.3) is 38.5 Å². The maximum Gasteiger partial charge on any atom is 0.261 e. The molecule has 38 heavy (non-hydrogen) atoms. The summed E-state index contributed by atoms with van der Waals surface area (Å²) < 4.78 is 13.1. The van der Waals surface area contributed by atoms with Crippen LogP contribution in [0.4, 0.5) is 5.69 Å². The first-order valence-corrected chi connectivity index (χ1v) is 12.7. The molecule has 8 rings (SSSR count). The Morgan fingerprint density at radius 3 is 2.37 bits per heavy atom. The Hall–Kier alpha value is -5.03. The molecule has 0 amide bonds. The number of fused-ring (bicyclic) bond motifs is 8. The lowest BCUT2D eigenvalue weighted by molar-refractivity contribution is 0.174. The molecular weight excluding hydrogens is 472 g/mol. The fourth-order valence-corrected chi connectivity index (χ4v) is 5.96. The summed E-state index contributed by atoms with van der Waals surface area (Å²) in [6.45, 7) is 0.202. The molecule has 0 saturated carbocycles. The van der Waals surface area contributed by atoms with Crippen LogP contribution in [0.3, 0.4) is 0 Å². The number of para-hydroxylation sites is 2. The van der Waals surface area contributed by atoms with Crippen molar-refractivity contribution in [3.8, 4) is 28.3 Å². The van der Waals surface area contributed by atoms with Crippen molar-refractivity contribution in [1.29, 1.82) is 0 Å². The molecule has 0 unspecified atom stereocenters. The first-order chi connectivity index (χ1) is 18.8. The van der Waals surface area contributed by atoms with Crippen molar-refractivity contribution >= 4 is 27.4 Å². The quantitative estimate of drug-likeness (QED) is 0.280. The van der Waals surface area contributed by atoms with Gasteiger partial charge in [0.2, 0.25) is 6.79 Å². The molecule has 5 aromatic carbocycles. The average molecular weight is 495 g/mol. The summed E-state index contributed by atoms with van der Waals surface area (Å²) >= 11 is 0. The molecule has 5 nitrogen and oxygen atoms in total. The van der Waals surface area contributed by atoms with Gasteiger partial charge < -0.3 is 14.8 Å². The van der Waals surface area contributed by atoms with Crippen molar-refractivity contribution in [2.45, 2.75) is 6.04 Å². The molecule has 0 saturated heterocycles. The van der Waals surface area contributed by atoms with Crippen LogP contribution in [-0.4, -0.2) is 11.4 Å². The molecule has 5 heteroatoms. The number of anilines is 1. The number of benzene rings is 5. The number of rotatable bonds is 2. The van der Waals surface area contributed by atoms with Crippen LogP contribution >= 0.6 is 0 Å². The molecule has 0 aliphatic carbocycles. The van der Waals surface area contributed by atoms with Crippen LogP contribution in [0.5, 0.6) is 11.5 Å². The van der Waals surface area contributed by atoms with E-state index in [0.717, 1.165) is 61.1 Å². The second-order valence-electron chi connectivity index (χ2n) is 9.68. The van der Waals surface area contributed by atoms with E-state index in [0.29, 0.717) is 5.75 Å². The van der Waals surface area contributed by atoms with E-state index in [1.165, 1.54) is 0 Å². The van der Waals surface area contributed by atoms with Crippen molar-refractivity contribution in [3.05, 3.63) is 131 Å². The summed E-state index contributed by atoms with van der Waals surface area (Å²) in [5.74, 6) is 1.41. The molecular formula is C33H22N2O3. The predicted molar refractivity (Wildman–Crippen MR) is 151 cm³/mol. The van der Waals surface area contributed by atoms with Gasteiger partial charge in [-0.3, -0.25) is 9.36 Å².